The Balaban J connectivity index is 2.54. The van der Waals surface area contributed by atoms with Gasteiger partial charge in [0.15, 0.2) is 6.10 Å². The van der Waals surface area contributed by atoms with Gasteiger partial charge in [0, 0.05) is 19.0 Å². The molecule has 0 aromatic carbocycles. The summed E-state index contributed by atoms with van der Waals surface area (Å²) in [7, 11) is 0. The molecule has 4 heteroatoms. The summed E-state index contributed by atoms with van der Waals surface area (Å²) in [6.45, 7) is 4.63. The van der Waals surface area contributed by atoms with Gasteiger partial charge in [0.25, 0.3) is 0 Å². The first kappa shape index (κ1) is 9.85. The van der Waals surface area contributed by atoms with E-state index in [0.717, 1.165) is 6.42 Å². The van der Waals surface area contributed by atoms with E-state index < -0.39 is 6.10 Å². The van der Waals surface area contributed by atoms with E-state index in [9.17, 15) is 4.79 Å². The lowest BCUT2D eigenvalue weighted by Crippen LogP contribution is -2.45. The quantitative estimate of drug-likeness (QED) is 0.650. The third-order valence-electron chi connectivity index (χ3n) is 2.38. The summed E-state index contributed by atoms with van der Waals surface area (Å²) in [5.41, 5.74) is 0. The van der Waals surface area contributed by atoms with E-state index in [4.69, 9.17) is 10.00 Å². The van der Waals surface area contributed by atoms with Crippen LogP contribution in [0.15, 0.2) is 0 Å². The summed E-state index contributed by atoms with van der Waals surface area (Å²) in [5, 5.41) is 8.55. The molecule has 1 heterocycles. The van der Waals surface area contributed by atoms with Gasteiger partial charge < -0.3 is 9.64 Å². The zero-order valence-corrected chi connectivity index (χ0v) is 7.99. The largest absolute Gasteiger partial charge is 0.431 e. The number of nitrogens with zero attached hydrogens (tertiary/aromatic N) is 2. The van der Waals surface area contributed by atoms with Gasteiger partial charge in [0.2, 0.25) is 0 Å². The van der Waals surface area contributed by atoms with Gasteiger partial charge in [-0.25, -0.2) is 4.79 Å². The Kier molecular flexibility index (Phi) is 3.13. The maximum absolute atomic E-state index is 11.3. The zero-order valence-electron chi connectivity index (χ0n) is 7.99. The Morgan fingerprint density at radius 1 is 1.85 bits per heavy atom. The summed E-state index contributed by atoms with van der Waals surface area (Å²) in [6.07, 6.45) is 0.624. The molecule has 1 rings (SSSR count). The molecule has 1 aliphatic rings. The molecule has 0 N–H and O–H groups in total. The molecule has 0 spiro atoms. The number of carbonyl (C=O) groups is 1. The molecular weight excluding hydrogens is 168 g/mol. The number of rotatable bonds is 2. The van der Waals surface area contributed by atoms with Crippen molar-refractivity contribution in [3.05, 3.63) is 0 Å². The topological polar surface area (TPSA) is 53.3 Å². The normalized spacial score (nSPS) is 24.8. The van der Waals surface area contributed by atoms with Gasteiger partial charge >= 0.3 is 6.09 Å². The highest BCUT2D eigenvalue weighted by Crippen LogP contribution is 2.15. The summed E-state index contributed by atoms with van der Waals surface area (Å²) >= 11 is 0. The Labute approximate surface area is 78.1 Å². The first-order chi connectivity index (χ1) is 6.19. The van der Waals surface area contributed by atoms with Crippen LogP contribution in [0.1, 0.15) is 26.7 Å². The van der Waals surface area contributed by atoms with Crippen LogP contribution in [0.5, 0.6) is 0 Å². The second-order valence-corrected chi connectivity index (χ2v) is 3.24. The Hall–Kier alpha value is -1.24. The molecule has 1 aliphatic heterocycles. The van der Waals surface area contributed by atoms with Crippen LogP contribution in [0.2, 0.25) is 0 Å². The van der Waals surface area contributed by atoms with Crippen molar-refractivity contribution < 1.29 is 9.53 Å². The van der Waals surface area contributed by atoms with Crippen molar-refractivity contribution in [1.29, 1.82) is 5.26 Å². The second-order valence-electron chi connectivity index (χ2n) is 3.24. The second kappa shape index (κ2) is 4.13. The molecule has 72 valence electrons. The molecule has 4 nitrogen and oxygen atoms in total. The van der Waals surface area contributed by atoms with E-state index in [1.807, 2.05) is 19.9 Å². The minimum Gasteiger partial charge on any atom is -0.431 e. The van der Waals surface area contributed by atoms with E-state index in [-0.39, 0.29) is 12.1 Å². The van der Waals surface area contributed by atoms with E-state index in [2.05, 4.69) is 0 Å². The lowest BCUT2D eigenvalue weighted by Gasteiger charge is -2.32. The molecule has 0 aromatic rings. The lowest BCUT2D eigenvalue weighted by atomic mass is 10.1. The van der Waals surface area contributed by atoms with Crippen LogP contribution in [-0.4, -0.2) is 29.7 Å². The van der Waals surface area contributed by atoms with Crippen LogP contribution >= 0.6 is 0 Å². The highest BCUT2D eigenvalue weighted by atomic mass is 16.6. The number of hydrogen-bond acceptors (Lipinski definition) is 3. The molecule has 1 saturated heterocycles. The van der Waals surface area contributed by atoms with Crippen LogP contribution in [-0.2, 0) is 4.74 Å². The number of carbonyl (C=O) groups excluding carboxylic acids is 1. The number of cyclic esters (lactones) is 1. The molecule has 0 radical (unpaired) electrons. The monoisotopic (exact) mass is 182 g/mol. The van der Waals surface area contributed by atoms with E-state index >= 15 is 0 Å². The van der Waals surface area contributed by atoms with Crippen molar-refractivity contribution >= 4 is 6.09 Å². The van der Waals surface area contributed by atoms with Gasteiger partial charge in [-0.3, -0.25) is 0 Å². The minimum absolute atomic E-state index is 0.201. The predicted molar refractivity (Wildman–Crippen MR) is 47.0 cm³/mol. The van der Waals surface area contributed by atoms with Crippen molar-refractivity contribution in [2.75, 3.05) is 6.54 Å². The van der Waals surface area contributed by atoms with Crippen LogP contribution in [0.3, 0.4) is 0 Å². The van der Waals surface area contributed by atoms with Crippen molar-refractivity contribution in [3.63, 3.8) is 0 Å². The third-order valence-corrected chi connectivity index (χ3v) is 2.38. The maximum Gasteiger partial charge on any atom is 0.411 e. The van der Waals surface area contributed by atoms with Crippen molar-refractivity contribution in [1.82, 2.24) is 4.90 Å². The smallest absolute Gasteiger partial charge is 0.411 e. The van der Waals surface area contributed by atoms with Gasteiger partial charge in [0.1, 0.15) is 6.07 Å². The predicted octanol–water partition coefficient (Wildman–Crippen LogP) is 1.52. The average Bonchev–Trinajstić information content (AvgIpc) is 2.16. The molecule has 0 aromatic heterocycles. The van der Waals surface area contributed by atoms with Crippen LogP contribution in [0.25, 0.3) is 0 Å². The Morgan fingerprint density at radius 2 is 2.54 bits per heavy atom. The fourth-order valence-electron chi connectivity index (χ4n) is 1.31. The third kappa shape index (κ3) is 2.11. The molecule has 1 fully saturated rings. The highest BCUT2D eigenvalue weighted by molar-refractivity contribution is 5.69. The van der Waals surface area contributed by atoms with E-state index in [1.54, 1.807) is 4.90 Å². The molecule has 1 amide bonds. The summed E-state index contributed by atoms with van der Waals surface area (Å²) in [5.74, 6) is 0. The SMILES string of the molecule is CCC(C)N1CCC(C#N)OC1=O. The summed E-state index contributed by atoms with van der Waals surface area (Å²) in [6, 6.07) is 2.14. The lowest BCUT2D eigenvalue weighted by molar-refractivity contribution is 0.0340. The molecule has 2 atom stereocenters. The van der Waals surface area contributed by atoms with Crippen LogP contribution in [0, 0.1) is 11.3 Å². The van der Waals surface area contributed by atoms with Crippen molar-refractivity contribution in [2.45, 2.75) is 38.8 Å². The summed E-state index contributed by atoms with van der Waals surface area (Å²) in [4.78, 5) is 13.0. The standard InChI is InChI=1S/C9H14N2O2/c1-3-7(2)11-5-4-8(6-10)13-9(11)12/h7-8H,3-5H2,1-2H3. The number of amides is 1. The van der Waals surface area contributed by atoms with Crippen LogP contribution < -0.4 is 0 Å². The zero-order chi connectivity index (χ0) is 9.84. The Bertz CT molecular complexity index is 234. The molecule has 0 aliphatic carbocycles. The first-order valence-corrected chi connectivity index (χ1v) is 4.56. The molecule has 0 bridgehead atoms. The molecule has 13 heavy (non-hydrogen) atoms. The van der Waals surface area contributed by atoms with Gasteiger partial charge in [0.05, 0.1) is 0 Å². The van der Waals surface area contributed by atoms with Crippen molar-refractivity contribution in [3.8, 4) is 6.07 Å². The highest BCUT2D eigenvalue weighted by Gasteiger charge is 2.29. The van der Waals surface area contributed by atoms with Gasteiger partial charge in [-0.2, -0.15) is 5.26 Å². The number of hydrogen-bond donors (Lipinski definition) is 0. The molecule has 0 saturated carbocycles. The average molecular weight is 182 g/mol. The van der Waals surface area contributed by atoms with Gasteiger partial charge in [-0.1, -0.05) is 6.92 Å². The van der Waals surface area contributed by atoms with E-state index in [0.29, 0.717) is 13.0 Å². The fraction of sp³-hybridized carbons (Fsp3) is 0.778. The summed E-state index contributed by atoms with van der Waals surface area (Å²) < 4.78 is 4.90. The van der Waals surface area contributed by atoms with E-state index in [1.165, 1.54) is 0 Å². The number of ether oxygens (including phenoxy) is 1. The van der Waals surface area contributed by atoms with Gasteiger partial charge in [-0.15, -0.1) is 0 Å². The first-order valence-electron chi connectivity index (χ1n) is 4.56. The van der Waals surface area contributed by atoms with Crippen LogP contribution in [0.4, 0.5) is 4.79 Å². The number of nitriles is 1. The fourth-order valence-corrected chi connectivity index (χ4v) is 1.31. The molecule has 2 unspecified atom stereocenters. The minimum atomic E-state index is -0.548. The maximum atomic E-state index is 11.3. The van der Waals surface area contributed by atoms with Crippen molar-refractivity contribution in [2.24, 2.45) is 0 Å². The van der Waals surface area contributed by atoms with Gasteiger partial charge in [-0.05, 0) is 13.3 Å². The Morgan fingerprint density at radius 3 is 3.00 bits per heavy atom. The molecular formula is C9H14N2O2.